The Balaban J connectivity index is 1.51. The molecule has 206 valence electrons. The topological polar surface area (TPSA) is 9.86 Å². The van der Waals surface area contributed by atoms with E-state index in [-0.39, 0.29) is 0 Å². The average Bonchev–Trinajstić information content (AvgIpc) is 3.89. The fourth-order valence-corrected chi connectivity index (χ4v) is 5.00. The van der Waals surface area contributed by atoms with Gasteiger partial charge in [0.2, 0.25) is 0 Å². The molecule has 0 bridgehead atoms. The highest BCUT2D eigenvalue weighted by molar-refractivity contribution is 6.12. The fraction of sp³-hybridized carbons (Fsp3) is 0. The monoisotopic (exact) mass is 588 g/mol. The number of rotatable bonds is 4. The van der Waals surface area contributed by atoms with Gasteiger partial charge in [0.25, 0.3) is 0 Å². The predicted octanol–water partition coefficient (Wildman–Crippen LogP) is 11.2. The molecule has 0 N–H and O–H groups in total. The minimum atomic E-state index is -1.06. The highest BCUT2D eigenvalue weighted by atomic mass is 15.0. The Morgan fingerprint density at radius 2 is 0.750 bits per heavy atom. The summed E-state index contributed by atoms with van der Waals surface area (Å²) in [6.45, 7) is 0. The second-order valence-corrected chi connectivity index (χ2v) is 9.26. The normalized spacial score (nSPS) is 20.5. The van der Waals surface area contributed by atoms with Gasteiger partial charge in [0.1, 0.15) is 0 Å². The lowest BCUT2D eigenvalue weighted by Gasteiger charge is -2.11. The molecule has 0 aliphatic carbocycles. The number of fused-ring (bicyclic) bond motifs is 6. The molecule has 7 aromatic carbocycles. The molecule has 0 radical (unpaired) electrons. The minimum Gasteiger partial charge on any atom is -0.309 e. The van der Waals surface area contributed by atoms with Crippen LogP contribution in [-0.2, 0) is 0 Å². The first kappa shape index (κ1) is 9.57. The Morgan fingerprint density at radius 3 is 1.48 bits per heavy atom. The first-order valence-electron chi connectivity index (χ1n) is 26.8. The number of aromatic nitrogens is 2. The fourth-order valence-electron chi connectivity index (χ4n) is 5.00. The van der Waals surface area contributed by atoms with Crippen LogP contribution in [0.15, 0.2) is 169 Å². The van der Waals surface area contributed by atoms with Crippen molar-refractivity contribution in [2.45, 2.75) is 0 Å². The van der Waals surface area contributed by atoms with Crippen LogP contribution in [0.2, 0.25) is 0 Å². The standard InChI is InChI=1S/C42H28N2/c1-3-11-29(12-4-1)30-19-23-34(24-20-30)44-39-17-9-7-15-35(39)37-25-21-32(28-42(37)44)31-22-26-41-38(27-31)36-16-8-10-18-40(36)43(41)33-13-5-2-6-14-33/h1-28H/i1D,2D,3D,4D,5D,6D,7D,8D,9D,10D,11D,12D,13D,14D,15D,16D,17D,18D,19D,20D,21D,22D,23D,24D,25D,26D,27D,28D. The first-order chi connectivity index (χ1) is 33.5. The molecular weight excluding hydrogens is 532 g/mol. The average molecular weight is 589 g/mol. The third-order valence-electron chi connectivity index (χ3n) is 6.86. The van der Waals surface area contributed by atoms with Gasteiger partial charge in [-0.15, -0.1) is 0 Å². The van der Waals surface area contributed by atoms with Crippen LogP contribution in [-0.4, -0.2) is 9.13 Å². The Hall–Kier alpha value is -5.86. The van der Waals surface area contributed by atoms with E-state index in [0.717, 1.165) is 4.57 Å². The summed E-state index contributed by atoms with van der Waals surface area (Å²) in [6, 6.07) is -25.9. The zero-order valence-corrected chi connectivity index (χ0v) is 21.9. The molecule has 0 amide bonds. The number of hydrogen-bond acceptors (Lipinski definition) is 0. The molecule has 2 heterocycles. The molecule has 0 aliphatic heterocycles. The van der Waals surface area contributed by atoms with Crippen LogP contribution < -0.4 is 0 Å². The summed E-state index contributed by atoms with van der Waals surface area (Å²) in [5, 5.41) is -2.33. The van der Waals surface area contributed by atoms with Crippen LogP contribution in [0.3, 0.4) is 0 Å². The molecular formula is C42H28N2. The second kappa shape index (κ2) is 9.86. The van der Waals surface area contributed by atoms with Crippen molar-refractivity contribution in [3.8, 4) is 33.6 Å². The van der Waals surface area contributed by atoms with Gasteiger partial charge in [-0.05, 0) is 76.6 Å². The molecule has 9 rings (SSSR count). The van der Waals surface area contributed by atoms with Gasteiger partial charge < -0.3 is 9.13 Å². The van der Waals surface area contributed by atoms with Gasteiger partial charge in [-0.25, -0.2) is 0 Å². The summed E-state index contributed by atoms with van der Waals surface area (Å²) in [5.41, 5.74) is -7.40. The first-order valence-corrected chi connectivity index (χ1v) is 12.8. The number of para-hydroxylation sites is 3. The largest absolute Gasteiger partial charge is 0.309 e. The second-order valence-electron chi connectivity index (χ2n) is 9.26. The van der Waals surface area contributed by atoms with E-state index in [1.165, 1.54) is 0 Å². The maximum absolute atomic E-state index is 9.84. The summed E-state index contributed by atoms with van der Waals surface area (Å²) < 4.78 is 250. The molecule has 0 spiro atoms. The Kier molecular flexibility index (Phi) is 2.14. The summed E-state index contributed by atoms with van der Waals surface area (Å²) in [4.78, 5) is 0. The van der Waals surface area contributed by atoms with E-state index >= 15 is 0 Å². The maximum atomic E-state index is 9.84. The van der Waals surface area contributed by atoms with Gasteiger partial charge in [-0.2, -0.15) is 0 Å². The number of hydrogen-bond donors (Lipinski definition) is 0. The van der Waals surface area contributed by atoms with Crippen molar-refractivity contribution in [2.24, 2.45) is 0 Å². The van der Waals surface area contributed by atoms with Crippen LogP contribution in [0.4, 0.5) is 0 Å². The molecule has 0 saturated heterocycles. The highest BCUT2D eigenvalue weighted by Crippen LogP contribution is 2.38. The molecule has 0 atom stereocenters. The molecule has 9 aromatic rings. The summed E-state index contributed by atoms with van der Waals surface area (Å²) >= 11 is 0. The van der Waals surface area contributed by atoms with Gasteiger partial charge in [-0.3, -0.25) is 0 Å². The van der Waals surface area contributed by atoms with E-state index in [2.05, 4.69) is 0 Å². The number of nitrogens with zero attached hydrogens (tertiary/aromatic N) is 2. The van der Waals surface area contributed by atoms with Crippen molar-refractivity contribution in [1.29, 1.82) is 0 Å². The van der Waals surface area contributed by atoms with E-state index in [9.17, 15) is 11.0 Å². The van der Waals surface area contributed by atoms with Crippen LogP contribution in [0.25, 0.3) is 77.2 Å². The van der Waals surface area contributed by atoms with Crippen molar-refractivity contribution in [3.05, 3.63) is 169 Å². The molecule has 0 fully saturated rings. The van der Waals surface area contributed by atoms with Gasteiger partial charge in [0, 0.05) is 32.9 Å². The third-order valence-corrected chi connectivity index (χ3v) is 6.86. The third kappa shape index (κ3) is 3.82. The van der Waals surface area contributed by atoms with Crippen molar-refractivity contribution < 1.29 is 38.4 Å². The molecule has 2 nitrogen and oxygen atoms in total. The Labute approximate surface area is 295 Å². The SMILES string of the molecule is [2H]c1c([2H])c([2H])c(-c2c([2H])c([2H])c(-n3c4c([2H])c([2H])c([2H])c([2H])c4c4c([2H])c([2H])c(-c5c([2H])c([2H])c6c(c5[2H])c5c([2H])c([2H])c([2H])c([2H])c5n6-c5c([2H])c([2H])c([2H])c([2H])c5[2H])c([2H])c43)c([2H])c2[2H])c([2H])c1[2H]. The quantitative estimate of drug-likeness (QED) is 0.193. The Morgan fingerprint density at radius 1 is 0.295 bits per heavy atom. The van der Waals surface area contributed by atoms with Crippen molar-refractivity contribution >= 4 is 43.6 Å². The Bertz CT molecular complexity index is 3990. The molecule has 0 unspecified atom stereocenters. The van der Waals surface area contributed by atoms with Crippen LogP contribution >= 0.6 is 0 Å². The smallest absolute Gasteiger partial charge is 0.0652 e. The van der Waals surface area contributed by atoms with Gasteiger partial charge in [0.05, 0.1) is 60.4 Å². The van der Waals surface area contributed by atoms with Crippen molar-refractivity contribution in [2.75, 3.05) is 0 Å². The van der Waals surface area contributed by atoms with Gasteiger partial charge in [0.15, 0.2) is 0 Å². The minimum absolute atomic E-state index is 0.562. The zero-order chi connectivity index (χ0) is 53.4. The van der Waals surface area contributed by atoms with Gasteiger partial charge in [-0.1, -0.05) is 115 Å². The highest BCUT2D eigenvalue weighted by Gasteiger charge is 2.16. The molecule has 0 aliphatic rings. The molecule has 2 aromatic heterocycles. The van der Waals surface area contributed by atoms with Crippen LogP contribution in [0.5, 0.6) is 0 Å². The van der Waals surface area contributed by atoms with Gasteiger partial charge >= 0.3 is 0 Å². The summed E-state index contributed by atoms with van der Waals surface area (Å²) in [7, 11) is 0. The molecule has 44 heavy (non-hydrogen) atoms. The summed E-state index contributed by atoms with van der Waals surface area (Å²) in [5.74, 6) is 0. The predicted molar refractivity (Wildman–Crippen MR) is 186 cm³/mol. The van der Waals surface area contributed by atoms with E-state index in [0.29, 0.717) is 4.57 Å². The van der Waals surface area contributed by atoms with Crippen molar-refractivity contribution in [1.82, 2.24) is 9.13 Å². The van der Waals surface area contributed by atoms with E-state index in [4.69, 9.17) is 27.4 Å². The molecule has 2 heteroatoms. The summed E-state index contributed by atoms with van der Waals surface area (Å²) in [6.07, 6.45) is 0. The molecule has 0 saturated carbocycles. The van der Waals surface area contributed by atoms with E-state index < -0.39 is 246 Å². The lowest BCUT2D eigenvalue weighted by molar-refractivity contribution is 1.18. The van der Waals surface area contributed by atoms with Crippen LogP contribution in [0.1, 0.15) is 38.4 Å². The lowest BCUT2D eigenvalue weighted by atomic mass is 10.0. The number of benzene rings is 7. The zero-order valence-electron chi connectivity index (χ0n) is 49.9. The maximum Gasteiger partial charge on any atom is 0.0652 e. The lowest BCUT2D eigenvalue weighted by Crippen LogP contribution is -1.94. The van der Waals surface area contributed by atoms with E-state index in [1.54, 1.807) is 0 Å². The van der Waals surface area contributed by atoms with Crippen LogP contribution in [0, 0.1) is 0 Å². The van der Waals surface area contributed by atoms with Crippen molar-refractivity contribution in [3.63, 3.8) is 0 Å². The van der Waals surface area contributed by atoms with E-state index in [1.807, 2.05) is 0 Å².